The van der Waals surface area contributed by atoms with E-state index in [1.54, 1.807) is 0 Å². The summed E-state index contributed by atoms with van der Waals surface area (Å²) in [6, 6.07) is 7.58. The molecule has 1 aromatic rings. The first-order valence-corrected chi connectivity index (χ1v) is 6.59. The van der Waals surface area contributed by atoms with E-state index in [-0.39, 0.29) is 25.1 Å². The van der Waals surface area contributed by atoms with E-state index in [2.05, 4.69) is 10.2 Å². The molecule has 1 fully saturated rings. The summed E-state index contributed by atoms with van der Waals surface area (Å²) in [6.07, 6.45) is 0. The van der Waals surface area contributed by atoms with Gasteiger partial charge in [0.25, 0.3) is 0 Å². The Balaban J connectivity index is 0.00000180. The summed E-state index contributed by atoms with van der Waals surface area (Å²) >= 11 is 0. The minimum atomic E-state index is -0.371. The van der Waals surface area contributed by atoms with Crippen molar-refractivity contribution in [2.24, 2.45) is 0 Å². The highest BCUT2D eigenvalue weighted by molar-refractivity contribution is 5.85. The molecule has 0 saturated carbocycles. The minimum absolute atomic E-state index is 0. The molecule has 1 aliphatic heterocycles. The van der Waals surface area contributed by atoms with E-state index in [4.69, 9.17) is 4.74 Å². The Kier molecular flexibility index (Phi) is 7.13. The third kappa shape index (κ3) is 4.06. The molecule has 0 aliphatic carbocycles. The summed E-state index contributed by atoms with van der Waals surface area (Å²) in [5.74, 6) is 0.807. The maximum atomic E-state index is 13.4. The van der Waals surface area contributed by atoms with Gasteiger partial charge in [-0.2, -0.15) is 0 Å². The van der Waals surface area contributed by atoms with Gasteiger partial charge < -0.3 is 10.1 Å². The molecule has 1 atom stereocenters. The smallest absolute Gasteiger partial charge is 0.124 e. The second-order valence-electron chi connectivity index (χ2n) is 4.43. The van der Waals surface area contributed by atoms with Crippen LogP contribution in [-0.2, 0) is 0 Å². The molecule has 1 heterocycles. The maximum absolute atomic E-state index is 13.4. The first kappa shape index (κ1) is 16.2. The quantitative estimate of drug-likeness (QED) is 0.901. The molecule has 1 aliphatic rings. The summed E-state index contributed by atoms with van der Waals surface area (Å²) in [5, 5.41) is 3.29. The van der Waals surface area contributed by atoms with Crippen molar-refractivity contribution >= 4 is 12.4 Å². The molecule has 0 radical (unpaired) electrons. The van der Waals surface area contributed by atoms with Gasteiger partial charge in [-0.3, -0.25) is 4.90 Å². The third-order valence-corrected chi connectivity index (χ3v) is 3.32. The van der Waals surface area contributed by atoms with E-state index in [1.165, 1.54) is 0 Å². The Morgan fingerprint density at radius 1 is 1.32 bits per heavy atom. The fourth-order valence-corrected chi connectivity index (χ4v) is 2.41. The number of hydrogen-bond acceptors (Lipinski definition) is 3. The van der Waals surface area contributed by atoms with E-state index in [0.29, 0.717) is 6.61 Å². The van der Waals surface area contributed by atoms with Gasteiger partial charge in [-0.05, 0) is 13.0 Å². The van der Waals surface area contributed by atoms with Crippen molar-refractivity contribution < 1.29 is 9.13 Å². The van der Waals surface area contributed by atoms with E-state index < -0.39 is 0 Å². The van der Waals surface area contributed by atoms with Gasteiger partial charge in [0.2, 0.25) is 0 Å². The summed E-state index contributed by atoms with van der Waals surface area (Å²) < 4.78 is 19.0. The van der Waals surface area contributed by atoms with Crippen LogP contribution >= 0.6 is 12.4 Å². The number of rotatable bonds is 5. The third-order valence-electron chi connectivity index (χ3n) is 3.32. The van der Waals surface area contributed by atoms with E-state index in [0.717, 1.165) is 37.5 Å². The fourth-order valence-electron chi connectivity index (χ4n) is 2.41. The van der Waals surface area contributed by atoms with Crippen LogP contribution in [0.15, 0.2) is 24.3 Å². The van der Waals surface area contributed by atoms with Crippen LogP contribution in [-0.4, -0.2) is 44.4 Å². The second-order valence-corrected chi connectivity index (χ2v) is 4.43. The molecule has 1 N–H and O–H groups in total. The van der Waals surface area contributed by atoms with E-state index in [9.17, 15) is 4.39 Å². The largest absolute Gasteiger partial charge is 0.494 e. The molecule has 19 heavy (non-hydrogen) atoms. The zero-order valence-electron chi connectivity index (χ0n) is 11.3. The van der Waals surface area contributed by atoms with E-state index >= 15 is 0 Å². The van der Waals surface area contributed by atoms with Crippen LogP contribution in [0.25, 0.3) is 0 Å². The fraction of sp³-hybridized carbons (Fsp3) is 0.571. The molecular formula is C14H22ClFN2O. The summed E-state index contributed by atoms with van der Waals surface area (Å²) in [4.78, 5) is 2.19. The Labute approximate surface area is 120 Å². The highest BCUT2D eigenvalue weighted by Gasteiger charge is 2.24. The standard InChI is InChI=1S/C14H21FN2O.ClH/c1-2-18-14-6-4-3-5-12(14)13(11-15)17-9-7-16-8-10-17;/h3-6,13,16H,2,7-11H2,1H3;1H/t13-;/m1./s1. The number of para-hydroxylation sites is 1. The first-order chi connectivity index (χ1) is 8.86. The SMILES string of the molecule is CCOc1ccccc1[C@@H](CF)N1CCNCC1.Cl. The van der Waals surface area contributed by atoms with Crippen molar-refractivity contribution in [2.45, 2.75) is 13.0 Å². The number of alkyl halides is 1. The molecule has 0 amide bonds. The van der Waals surface area contributed by atoms with Gasteiger partial charge in [0.05, 0.1) is 12.6 Å². The maximum Gasteiger partial charge on any atom is 0.124 e. The molecule has 1 aromatic carbocycles. The van der Waals surface area contributed by atoms with Gasteiger partial charge in [0, 0.05) is 31.7 Å². The van der Waals surface area contributed by atoms with Crippen molar-refractivity contribution in [3.63, 3.8) is 0 Å². The molecule has 0 bridgehead atoms. The Morgan fingerprint density at radius 2 is 2.00 bits per heavy atom. The molecule has 2 rings (SSSR count). The van der Waals surface area contributed by atoms with Crippen LogP contribution in [0.2, 0.25) is 0 Å². The highest BCUT2D eigenvalue weighted by atomic mass is 35.5. The number of piperazine rings is 1. The zero-order valence-corrected chi connectivity index (χ0v) is 12.1. The average molecular weight is 289 g/mol. The Hall–Kier alpha value is -0.840. The summed E-state index contributed by atoms with van der Waals surface area (Å²) in [6.45, 7) is 5.80. The topological polar surface area (TPSA) is 24.5 Å². The van der Waals surface area contributed by atoms with Gasteiger partial charge in [-0.15, -0.1) is 12.4 Å². The molecule has 0 spiro atoms. The molecular weight excluding hydrogens is 267 g/mol. The number of ether oxygens (including phenoxy) is 1. The first-order valence-electron chi connectivity index (χ1n) is 6.59. The van der Waals surface area contributed by atoms with Crippen LogP contribution in [0, 0.1) is 0 Å². The number of halogens is 2. The minimum Gasteiger partial charge on any atom is -0.494 e. The Morgan fingerprint density at radius 3 is 2.63 bits per heavy atom. The summed E-state index contributed by atoms with van der Waals surface area (Å²) in [5.41, 5.74) is 0.962. The highest BCUT2D eigenvalue weighted by Crippen LogP contribution is 2.30. The summed E-state index contributed by atoms with van der Waals surface area (Å²) in [7, 11) is 0. The molecule has 1 saturated heterocycles. The van der Waals surface area contributed by atoms with Crippen molar-refractivity contribution in [1.29, 1.82) is 0 Å². The van der Waals surface area contributed by atoms with Crippen LogP contribution < -0.4 is 10.1 Å². The van der Waals surface area contributed by atoms with Gasteiger partial charge in [0.1, 0.15) is 12.4 Å². The van der Waals surface area contributed by atoms with Crippen LogP contribution in [0.5, 0.6) is 5.75 Å². The molecule has 0 aromatic heterocycles. The monoisotopic (exact) mass is 288 g/mol. The second kappa shape index (κ2) is 8.35. The predicted molar refractivity (Wildman–Crippen MR) is 78.0 cm³/mol. The van der Waals surface area contributed by atoms with Crippen LogP contribution in [0.1, 0.15) is 18.5 Å². The predicted octanol–water partition coefficient (Wildman–Crippen LogP) is 2.42. The van der Waals surface area contributed by atoms with Crippen LogP contribution in [0.3, 0.4) is 0 Å². The van der Waals surface area contributed by atoms with Crippen molar-refractivity contribution in [3.05, 3.63) is 29.8 Å². The lowest BCUT2D eigenvalue weighted by Gasteiger charge is -2.34. The van der Waals surface area contributed by atoms with Crippen LogP contribution in [0.4, 0.5) is 4.39 Å². The lowest BCUT2D eigenvalue weighted by Crippen LogP contribution is -2.45. The normalized spacial score (nSPS) is 17.6. The molecule has 3 nitrogen and oxygen atoms in total. The van der Waals surface area contributed by atoms with Crippen molar-refractivity contribution in [1.82, 2.24) is 10.2 Å². The number of benzene rings is 1. The lowest BCUT2D eigenvalue weighted by molar-refractivity contribution is 0.144. The Bertz CT molecular complexity index is 372. The molecule has 0 unspecified atom stereocenters. The van der Waals surface area contributed by atoms with Crippen molar-refractivity contribution in [2.75, 3.05) is 39.5 Å². The number of hydrogen-bond donors (Lipinski definition) is 1. The molecule has 108 valence electrons. The number of nitrogens with zero attached hydrogens (tertiary/aromatic N) is 1. The number of nitrogens with one attached hydrogen (secondary N) is 1. The van der Waals surface area contributed by atoms with Gasteiger partial charge >= 0.3 is 0 Å². The lowest BCUT2D eigenvalue weighted by atomic mass is 10.0. The average Bonchev–Trinajstić information content (AvgIpc) is 2.43. The van der Waals surface area contributed by atoms with Gasteiger partial charge in [-0.25, -0.2) is 4.39 Å². The van der Waals surface area contributed by atoms with E-state index in [1.807, 2.05) is 31.2 Å². The van der Waals surface area contributed by atoms with Gasteiger partial charge in [-0.1, -0.05) is 18.2 Å². The molecule has 5 heteroatoms. The van der Waals surface area contributed by atoms with Gasteiger partial charge in [0.15, 0.2) is 0 Å². The zero-order chi connectivity index (χ0) is 12.8. The van der Waals surface area contributed by atoms with Crippen molar-refractivity contribution in [3.8, 4) is 5.75 Å².